The quantitative estimate of drug-likeness (QED) is 0.508. The molecule has 1 aliphatic rings. The van der Waals surface area contributed by atoms with E-state index in [1.807, 2.05) is 82.3 Å². The zero-order valence-corrected chi connectivity index (χ0v) is 16.9. The molecule has 0 aromatic heterocycles. The van der Waals surface area contributed by atoms with Gasteiger partial charge in [0, 0.05) is 6.85 Å². The molecule has 0 saturated heterocycles. The molecule has 1 aliphatic heterocycles. The van der Waals surface area contributed by atoms with Gasteiger partial charge in [-0.15, -0.1) is 0 Å². The van der Waals surface area contributed by atoms with E-state index in [2.05, 4.69) is 10.2 Å². The molecular weight excluding hydrogens is 340 g/mol. The van der Waals surface area contributed by atoms with Crippen molar-refractivity contribution in [2.75, 3.05) is 10.2 Å². The van der Waals surface area contributed by atoms with Gasteiger partial charge in [0.05, 0.1) is 17.1 Å². The van der Waals surface area contributed by atoms with Gasteiger partial charge in [0.15, 0.2) is 0 Å². The third-order valence-corrected chi connectivity index (χ3v) is 5.29. The molecule has 4 rings (SSSR count). The molecule has 144 valence electrons. The van der Waals surface area contributed by atoms with Crippen LogP contribution in [-0.2, 0) is 0 Å². The molecule has 0 aliphatic carbocycles. The number of benzene rings is 3. The maximum atomic E-state index is 8.86. The number of rotatable bonds is 4. The van der Waals surface area contributed by atoms with Crippen molar-refractivity contribution in [2.24, 2.45) is 0 Å². The second-order valence-corrected chi connectivity index (χ2v) is 7.76. The van der Waals surface area contributed by atoms with Crippen LogP contribution in [0.3, 0.4) is 0 Å². The van der Waals surface area contributed by atoms with Crippen molar-refractivity contribution in [3.05, 3.63) is 89.0 Å². The molecule has 0 amide bonds. The summed E-state index contributed by atoms with van der Waals surface area (Å²) >= 11 is 0. The van der Waals surface area contributed by atoms with E-state index in [1.54, 1.807) is 12.1 Å². The Morgan fingerprint density at radius 3 is 2.11 bits per heavy atom. The zero-order valence-electron chi connectivity index (χ0n) is 21.9. The predicted molar refractivity (Wildman–Crippen MR) is 121 cm³/mol. The van der Waals surface area contributed by atoms with Gasteiger partial charge in [-0.1, -0.05) is 87.9 Å². The Kier molecular flexibility index (Phi) is 3.53. The molecule has 1 N–H and O–H groups in total. The average Bonchev–Trinajstić information content (AvgIpc) is 3.10. The average molecular weight is 376 g/mol. The molecule has 2 heteroatoms. The highest BCUT2D eigenvalue weighted by molar-refractivity contribution is 5.85. The lowest BCUT2D eigenvalue weighted by Gasteiger charge is -2.33. The van der Waals surface area contributed by atoms with Crippen LogP contribution in [0.4, 0.5) is 17.1 Å². The van der Waals surface area contributed by atoms with E-state index in [-0.39, 0.29) is 6.17 Å². The van der Waals surface area contributed by atoms with Crippen LogP contribution in [0.5, 0.6) is 0 Å². The van der Waals surface area contributed by atoms with Gasteiger partial charge in [-0.2, -0.15) is 0 Å². The lowest BCUT2D eigenvalue weighted by atomic mass is 9.91. The number of hydrogen-bond donors (Lipinski definition) is 1. The van der Waals surface area contributed by atoms with Gasteiger partial charge in [0.2, 0.25) is 0 Å². The van der Waals surface area contributed by atoms with Gasteiger partial charge in [-0.25, -0.2) is 0 Å². The summed E-state index contributed by atoms with van der Waals surface area (Å²) in [5.41, 5.74) is 5.64. The third kappa shape index (κ3) is 3.17. The lowest BCUT2D eigenvalue weighted by molar-refractivity contribution is 0.775. The normalized spacial score (nSPS) is 19.6. The van der Waals surface area contributed by atoms with Crippen LogP contribution in [0.1, 0.15) is 74.8 Å². The molecule has 0 bridgehead atoms. The lowest BCUT2D eigenvalue weighted by Crippen LogP contribution is -2.26. The Labute approximate surface area is 176 Å². The van der Waals surface area contributed by atoms with E-state index >= 15 is 0 Å². The van der Waals surface area contributed by atoms with Gasteiger partial charge in [-0.3, -0.25) is 0 Å². The molecule has 0 saturated carbocycles. The first-order chi connectivity index (χ1) is 15.3. The van der Waals surface area contributed by atoms with Crippen molar-refractivity contribution >= 4 is 17.1 Å². The predicted octanol–water partition coefficient (Wildman–Crippen LogP) is 7.50. The van der Waals surface area contributed by atoms with Crippen LogP contribution >= 0.6 is 0 Å². The van der Waals surface area contributed by atoms with Crippen molar-refractivity contribution in [3.63, 3.8) is 0 Å². The molecule has 3 aromatic rings. The minimum absolute atomic E-state index is 0.300. The number of aryl methyl sites for hydroxylation is 1. The number of hydrogen-bond acceptors (Lipinski definition) is 2. The molecule has 2 nitrogen and oxygen atoms in total. The monoisotopic (exact) mass is 375 g/mol. The standard InChI is InChI=1S/C26H30N2/c1-17(2)21-9-8-10-22(18(3)4)25(21)28-24-12-7-6-11-23(24)27-26(28)20-15-13-19(5)14-16-20/h6-18,26-27H,1-5H3/i5D3,17D,18D. The van der Waals surface area contributed by atoms with Crippen molar-refractivity contribution in [3.8, 4) is 0 Å². The number of anilines is 3. The first kappa shape index (κ1) is 13.4. The van der Waals surface area contributed by atoms with Gasteiger partial charge >= 0.3 is 0 Å². The smallest absolute Gasteiger partial charge is 0.130 e. The fourth-order valence-corrected chi connectivity index (χ4v) is 3.91. The highest BCUT2D eigenvalue weighted by atomic mass is 15.3. The minimum Gasteiger partial charge on any atom is -0.359 e. The van der Waals surface area contributed by atoms with Crippen LogP contribution in [0, 0.1) is 6.85 Å². The van der Waals surface area contributed by atoms with Gasteiger partial charge in [0.25, 0.3) is 0 Å². The molecule has 1 unspecified atom stereocenters. The minimum atomic E-state index is -2.16. The molecule has 1 atom stereocenters. The molecule has 1 heterocycles. The summed E-state index contributed by atoms with van der Waals surface area (Å²) < 4.78 is 40.8. The summed E-state index contributed by atoms with van der Waals surface area (Å²) in [5, 5.41) is 3.58. The van der Waals surface area contributed by atoms with E-state index in [4.69, 9.17) is 6.85 Å². The summed E-state index contributed by atoms with van der Waals surface area (Å²) in [4.78, 5) is 2.16. The molecule has 28 heavy (non-hydrogen) atoms. The number of para-hydroxylation sites is 3. The molecular formula is C26H30N2. The molecule has 0 radical (unpaired) electrons. The fraction of sp³-hybridized carbons (Fsp3) is 0.308. The summed E-state index contributed by atoms with van der Waals surface area (Å²) in [5.74, 6) is -1.77. The number of nitrogens with one attached hydrogen (secondary N) is 1. The van der Waals surface area contributed by atoms with E-state index in [0.29, 0.717) is 5.56 Å². The summed E-state index contributed by atoms with van der Waals surface area (Å²) in [6.07, 6.45) is -0.308. The van der Waals surface area contributed by atoms with Gasteiger partial charge in [0.1, 0.15) is 6.17 Å². The molecule has 0 fully saturated rings. The van der Waals surface area contributed by atoms with Crippen LogP contribution in [0.2, 0.25) is 0 Å². The summed E-state index contributed by atoms with van der Waals surface area (Å²) in [6, 6.07) is 20.9. The topological polar surface area (TPSA) is 15.3 Å². The van der Waals surface area contributed by atoms with E-state index in [1.165, 1.54) is 0 Å². The van der Waals surface area contributed by atoms with Crippen LogP contribution in [-0.4, -0.2) is 0 Å². The first-order valence-electron chi connectivity index (χ1n) is 12.2. The number of fused-ring (bicyclic) bond motifs is 1. The Bertz CT molecular complexity index is 1120. The third-order valence-electron chi connectivity index (χ3n) is 5.29. The van der Waals surface area contributed by atoms with Gasteiger partial charge < -0.3 is 10.2 Å². The maximum absolute atomic E-state index is 8.86. The Hall–Kier alpha value is -2.74. The highest BCUT2D eigenvalue weighted by Gasteiger charge is 2.34. The summed E-state index contributed by atoms with van der Waals surface area (Å²) in [6.45, 7) is 5.29. The van der Waals surface area contributed by atoms with Crippen LogP contribution in [0.15, 0.2) is 66.7 Å². The van der Waals surface area contributed by atoms with E-state index in [9.17, 15) is 0 Å². The Balaban J connectivity index is 1.96. The second-order valence-electron chi connectivity index (χ2n) is 7.76. The number of nitrogens with zero attached hydrogens (tertiary/aromatic N) is 1. The van der Waals surface area contributed by atoms with Gasteiger partial charge in [-0.05, 0) is 47.5 Å². The molecule has 0 spiro atoms. The van der Waals surface area contributed by atoms with Crippen molar-refractivity contribution < 1.29 is 6.85 Å². The van der Waals surface area contributed by atoms with Crippen molar-refractivity contribution in [1.82, 2.24) is 0 Å². The largest absolute Gasteiger partial charge is 0.359 e. The first-order valence-corrected chi connectivity index (χ1v) is 9.68. The second kappa shape index (κ2) is 7.35. The Morgan fingerprint density at radius 1 is 0.857 bits per heavy atom. The maximum Gasteiger partial charge on any atom is 0.130 e. The van der Waals surface area contributed by atoms with E-state index in [0.717, 1.165) is 33.8 Å². The SMILES string of the molecule is [2H]C([2H])([2H])c1ccc(C2Nc3ccccc3N2c2c(C([2H])(C)C)cccc2C([2H])(C)C)cc1. The Morgan fingerprint density at radius 2 is 1.50 bits per heavy atom. The van der Waals surface area contributed by atoms with E-state index < -0.39 is 18.6 Å². The van der Waals surface area contributed by atoms with Crippen LogP contribution in [0.25, 0.3) is 0 Å². The van der Waals surface area contributed by atoms with Crippen LogP contribution < -0.4 is 10.2 Å². The highest BCUT2D eigenvalue weighted by Crippen LogP contribution is 2.50. The fourth-order valence-electron chi connectivity index (χ4n) is 3.91. The van der Waals surface area contributed by atoms with Crippen molar-refractivity contribution in [2.45, 2.75) is 52.5 Å². The zero-order chi connectivity index (χ0) is 24.2. The molecule has 3 aromatic carbocycles. The van der Waals surface area contributed by atoms with Crippen molar-refractivity contribution in [1.29, 1.82) is 0 Å². The summed E-state index contributed by atoms with van der Waals surface area (Å²) in [7, 11) is 0.